The van der Waals surface area contributed by atoms with Crippen molar-refractivity contribution < 1.29 is 13.6 Å². The number of nitrogens with zero attached hydrogens (tertiary/aromatic N) is 2. The summed E-state index contributed by atoms with van der Waals surface area (Å²) in [6, 6.07) is 7.00. The van der Waals surface area contributed by atoms with Crippen molar-refractivity contribution in [1.29, 1.82) is 0 Å². The van der Waals surface area contributed by atoms with Gasteiger partial charge in [0.2, 0.25) is 5.95 Å². The van der Waals surface area contributed by atoms with Gasteiger partial charge in [-0.15, -0.1) is 0 Å². The zero-order chi connectivity index (χ0) is 20.4. The molecule has 0 radical (unpaired) electrons. The molecule has 4 bridgehead atoms. The lowest BCUT2D eigenvalue weighted by atomic mass is 9.94. The smallest absolute Gasteiger partial charge is 0.266 e. The third-order valence-electron chi connectivity index (χ3n) is 7.37. The van der Waals surface area contributed by atoms with Crippen LogP contribution in [0.5, 0.6) is 0 Å². The van der Waals surface area contributed by atoms with E-state index in [-0.39, 0.29) is 11.9 Å². The van der Waals surface area contributed by atoms with E-state index in [1.807, 2.05) is 4.90 Å². The van der Waals surface area contributed by atoms with Crippen LogP contribution in [-0.4, -0.2) is 26.2 Å². The van der Waals surface area contributed by atoms with Crippen molar-refractivity contribution in [2.45, 2.75) is 38.1 Å². The molecule has 154 valence electrons. The van der Waals surface area contributed by atoms with Crippen molar-refractivity contribution >= 4 is 40.3 Å². The Morgan fingerprint density at radius 2 is 2.10 bits per heavy atom. The lowest BCUT2D eigenvalue weighted by Gasteiger charge is -2.31. The number of halogens is 1. The van der Waals surface area contributed by atoms with Gasteiger partial charge in [0.1, 0.15) is 15.8 Å². The Bertz CT molecular complexity index is 1080. The summed E-state index contributed by atoms with van der Waals surface area (Å²) in [6.07, 6.45) is 9.49. The van der Waals surface area contributed by atoms with Gasteiger partial charge in [-0.2, -0.15) is 4.39 Å². The summed E-state index contributed by atoms with van der Waals surface area (Å²) in [5.74, 6) is 3.12. The molecule has 4 saturated carbocycles. The van der Waals surface area contributed by atoms with E-state index in [1.165, 1.54) is 50.1 Å². The maximum atomic E-state index is 13.9. The average molecular weight is 441 g/mol. The number of carbonyl (C=O) groups excluding carboxylic acids is 1. The van der Waals surface area contributed by atoms with Gasteiger partial charge < -0.3 is 4.42 Å². The number of furan rings is 1. The molecule has 0 aromatic carbocycles. The van der Waals surface area contributed by atoms with Gasteiger partial charge in [0.15, 0.2) is 0 Å². The van der Waals surface area contributed by atoms with Crippen LogP contribution < -0.4 is 0 Å². The van der Waals surface area contributed by atoms with Crippen molar-refractivity contribution in [3.63, 3.8) is 0 Å². The molecular weight excluding hydrogens is 419 g/mol. The number of hydrogen-bond acceptors (Lipinski definition) is 5. The predicted molar refractivity (Wildman–Crippen MR) is 118 cm³/mol. The van der Waals surface area contributed by atoms with E-state index in [4.69, 9.17) is 16.6 Å². The van der Waals surface area contributed by atoms with Crippen LogP contribution in [0.15, 0.2) is 39.8 Å². The molecule has 7 rings (SSSR count). The SMILES string of the molecule is O=C1/C(=C/c2ccc(-c3cccnc3F)o2)SC(=S)N1C1C2CCC3CC(C2)C1C3. The van der Waals surface area contributed by atoms with Crippen LogP contribution in [-0.2, 0) is 4.79 Å². The van der Waals surface area contributed by atoms with Crippen molar-refractivity contribution in [1.82, 2.24) is 9.88 Å². The van der Waals surface area contributed by atoms with Crippen LogP contribution in [0, 0.1) is 29.6 Å². The topological polar surface area (TPSA) is 46.3 Å². The van der Waals surface area contributed by atoms with E-state index < -0.39 is 5.95 Å². The number of carbonyl (C=O) groups is 1. The fourth-order valence-corrected chi connectivity index (χ4v) is 7.56. The molecule has 4 aliphatic carbocycles. The first-order valence-corrected chi connectivity index (χ1v) is 11.8. The minimum atomic E-state index is -0.577. The lowest BCUT2D eigenvalue weighted by Crippen LogP contribution is -2.44. The first-order chi connectivity index (χ1) is 14.6. The van der Waals surface area contributed by atoms with Gasteiger partial charge in [-0.1, -0.05) is 30.4 Å². The second-order valence-electron chi connectivity index (χ2n) is 8.92. The number of aromatic nitrogens is 1. The minimum Gasteiger partial charge on any atom is -0.457 e. The first-order valence-electron chi connectivity index (χ1n) is 10.6. The number of pyridine rings is 1. The van der Waals surface area contributed by atoms with Crippen molar-refractivity contribution in [3.05, 3.63) is 47.1 Å². The van der Waals surface area contributed by atoms with Crippen LogP contribution in [0.2, 0.25) is 0 Å². The zero-order valence-corrected chi connectivity index (χ0v) is 17.9. The number of fused-ring (bicyclic) bond motifs is 1. The van der Waals surface area contributed by atoms with Gasteiger partial charge in [-0.05, 0) is 73.6 Å². The molecule has 3 heterocycles. The van der Waals surface area contributed by atoms with E-state index in [1.54, 1.807) is 30.3 Å². The molecule has 1 saturated heterocycles. The number of hydrogen-bond donors (Lipinski definition) is 0. The van der Waals surface area contributed by atoms with Crippen LogP contribution >= 0.6 is 24.0 Å². The molecule has 5 aliphatic rings. The van der Waals surface area contributed by atoms with Crippen molar-refractivity contribution in [3.8, 4) is 11.3 Å². The summed E-state index contributed by atoms with van der Waals surface area (Å²) in [5, 5.41) is 0. The first kappa shape index (κ1) is 18.8. The van der Waals surface area contributed by atoms with Crippen LogP contribution in [0.25, 0.3) is 17.4 Å². The highest BCUT2D eigenvalue weighted by Gasteiger charge is 2.55. The van der Waals surface area contributed by atoms with E-state index in [0.717, 1.165) is 11.8 Å². The molecule has 30 heavy (non-hydrogen) atoms. The molecule has 1 amide bonds. The third-order valence-corrected chi connectivity index (χ3v) is 8.70. The maximum Gasteiger partial charge on any atom is 0.266 e. The second-order valence-corrected chi connectivity index (χ2v) is 10.6. The van der Waals surface area contributed by atoms with Gasteiger partial charge in [0.25, 0.3) is 5.91 Å². The average Bonchev–Trinajstić information content (AvgIpc) is 3.39. The fourth-order valence-electron chi connectivity index (χ4n) is 6.23. The van der Waals surface area contributed by atoms with Crippen molar-refractivity contribution in [2.24, 2.45) is 23.7 Å². The summed E-state index contributed by atoms with van der Waals surface area (Å²) in [6.45, 7) is 0. The van der Waals surface area contributed by atoms with E-state index in [0.29, 0.717) is 38.1 Å². The Balaban J connectivity index is 1.28. The summed E-state index contributed by atoms with van der Waals surface area (Å²) in [5.41, 5.74) is 0.304. The van der Waals surface area contributed by atoms with Crippen molar-refractivity contribution in [2.75, 3.05) is 0 Å². The number of rotatable bonds is 3. The number of thiocarbonyl (C=S) groups is 1. The predicted octanol–water partition coefficient (Wildman–Crippen LogP) is 5.51. The van der Waals surface area contributed by atoms with Gasteiger partial charge in [0, 0.05) is 18.3 Å². The molecule has 0 N–H and O–H groups in total. The van der Waals surface area contributed by atoms with E-state index in [2.05, 4.69) is 4.98 Å². The van der Waals surface area contributed by atoms with Gasteiger partial charge in [-0.25, -0.2) is 4.98 Å². The summed E-state index contributed by atoms with van der Waals surface area (Å²) in [4.78, 5) is 19.5. The molecule has 5 fully saturated rings. The van der Waals surface area contributed by atoms with Crippen LogP contribution in [0.4, 0.5) is 4.39 Å². The Hall–Kier alpha value is -1.99. The molecule has 1 aliphatic heterocycles. The number of thioether (sulfide) groups is 1. The lowest BCUT2D eigenvalue weighted by molar-refractivity contribution is -0.124. The molecule has 5 atom stereocenters. The van der Waals surface area contributed by atoms with Gasteiger partial charge >= 0.3 is 0 Å². The molecule has 2 aromatic rings. The summed E-state index contributed by atoms with van der Waals surface area (Å²) in [7, 11) is 0. The fraction of sp³-hybridized carbons (Fsp3) is 0.435. The monoisotopic (exact) mass is 440 g/mol. The Morgan fingerprint density at radius 3 is 2.97 bits per heavy atom. The molecular formula is C23H21FN2O2S2. The Morgan fingerprint density at radius 1 is 1.20 bits per heavy atom. The Kier molecular flexibility index (Phi) is 4.39. The molecule has 5 unspecified atom stereocenters. The Labute approximate surface area is 183 Å². The van der Waals surface area contributed by atoms with Crippen LogP contribution in [0.1, 0.15) is 37.9 Å². The third kappa shape index (κ3) is 2.89. The quantitative estimate of drug-likeness (QED) is 0.358. The molecule has 4 nitrogen and oxygen atoms in total. The standard InChI is InChI=1S/C23H21FN2O2S2/c24-21-16(2-1-7-25-21)18-6-5-15(28-18)11-19-22(27)26(23(29)30-19)20-13-4-3-12-8-14(10-13)17(20)9-12/h1-2,5-7,11-14,17,20H,3-4,8-10H2/b19-11-. The highest BCUT2D eigenvalue weighted by molar-refractivity contribution is 8.26. The van der Waals surface area contributed by atoms with Gasteiger partial charge in [-0.3, -0.25) is 9.69 Å². The van der Waals surface area contributed by atoms with Crippen LogP contribution in [0.3, 0.4) is 0 Å². The normalized spacial score (nSPS) is 33.8. The molecule has 0 spiro atoms. The van der Waals surface area contributed by atoms with E-state index in [9.17, 15) is 9.18 Å². The summed E-state index contributed by atoms with van der Waals surface area (Å²) >= 11 is 7.01. The second kappa shape index (κ2) is 7.02. The highest BCUT2D eigenvalue weighted by Crippen LogP contribution is 2.58. The molecule has 7 heteroatoms. The largest absolute Gasteiger partial charge is 0.457 e. The minimum absolute atomic E-state index is 0.00323. The molecule has 2 aromatic heterocycles. The maximum absolute atomic E-state index is 13.9. The zero-order valence-electron chi connectivity index (χ0n) is 16.3. The highest BCUT2D eigenvalue weighted by atomic mass is 32.2. The van der Waals surface area contributed by atoms with Gasteiger partial charge in [0.05, 0.1) is 10.5 Å². The summed E-state index contributed by atoms with van der Waals surface area (Å²) < 4.78 is 20.4. The van der Waals surface area contributed by atoms with E-state index >= 15 is 0 Å². The number of amides is 1.